The molecule has 0 aromatic heterocycles. The van der Waals surface area contributed by atoms with Gasteiger partial charge >= 0.3 is 12.1 Å². The van der Waals surface area contributed by atoms with Crippen LogP contribution in [0, 0.1) is 15.4 Å². The second kappa shape index (κ2) is 9.01. The highest BCUT2D eigenvalue weighted by atomic mass is 127. The quantitative estimate of drug-likeness (QED) is 0.428. The van der Waals surface area contributed by atoms with Gasteiger partial charge in [0, 0.05) is 16.7 Å². The van der Waals surface area contributed by atoms with E-state index in [4.69, 9.17) is 9.47 Å². The summed E-state index contributed by atoms with van der Waals surface area (Å²) in [7, 11) is 0. The van der Waals surface area contributed by atoms with Crippen LogP contribution in [0.25, 0.3) is 0 Å². The topological polar surface area (TPSA) is 55.8 Å². The van der Waals surface area contributed by atoms with Crippen molar-refractivity contribution in [1.82, 2.24) is 4.90 Å². The van der Waals surface area contributed by atoms with E-state index in [1.54, 1.807) is 4.90 Å². The maximum atomic E-state index is 13.0. The first kappa shape index (κ1) is 23.0. The molecule has 0 bridgehead atoms. The Kier molecular flexibility index (Phi) is 7.39. The molecular weight excluding hydrogens is 469 g/mol. The molecule has 1 heterocycles. The average Bonchev–Trinajstić information content (AvgIpc) is 2.99. The Hall–Kier alpha value is -1.31. The summed E-state index contributed by atoms with van der Waals surface area (Å²) < 4.78 is 12.3. The number of rotatable bonds is 4. The van der Waals surface area contributed by atoms with Crippen molar-refractivity contribution >= 4 is 34.7 Å². The highest BCUT2D eigenvalue weighted by Gasteiger charge is 2.39. The summed E-state index contributed by atoms with van der Waals surface area (Å²) in [5.74, 6) is -0.424. The van der Waals surface area contributed by atoms with Crippen LogP contribution in [0.15, 0.2) is 24.3 Å². The van der Waals surface area contributed by atoms with Gasteiger partial charge in [-0.3, -0.25) is 4.79 Å². The molecule has 0 radical (unpaired) electrons. The van der Waals surface area contributed by atoms with Gasteiger partial charge in [-0.25, -0.2) is 4.79 Å². The zero-order chi connectivity index (χ0) is 21.1. The van der Waals surface area contributed by atoms with Crippen molar-refractivity contribution in [1.29, 1.82) is 0 Å². The molecule has 0 saturated carbocycles. The van der Waals surface area contributed by atoms with E-state index in [0.717, 1.165) is 15.6 Å². The van der Waals surface area contributed by atoms with E-state index >= 15 is 0 Å². The maximum Gasteiger partial charge on any atom is 0.410 e. The number of amides is 1. The fourth-order valence-electron chi connectivity index (χ4n) is 3.35. The van der Waals surface area contributed by atoms with E-state index in [2.05, 4.69) is 28.7 Å². The van der Waals surface area contributed by atoms with Gasteiger partial charge in [-0.1, -0.05) is 12.1 Å². The van der Waals surface area contributed by atoms with Gasteiger partial charge in [-0.05, 0) is 101 Å². The van der Waals surface area contributed by atoms with Gasteiger partial charge in [0.2, 0.25) is 0 Å². The fourth-order valence-corrected chi connectivity index (χ4v) is 3.95. The summed E-state index contributed by atoms with van der Waals surface area (Å²) in [5.41, 5.74) is 0.0446. The molecule has 6 heteroatoms. The lowest BCUT2D eigenvalue weighted by molar-refractivity contribution is -0.161. The Balaban J connectivity index is 2.15. The molecule has 1 fully saturated rings. The predicted molar refractivity (Wildman–Crippen MR) is 118 cm³/mol. The minimum atomic E-state index is -0.538. The van der Waals surface area contributed by atoms with Crippen LogP contribution in [0.4, 0.5) is 4.79 Å². The fraction of sp³-hybridized carbons (Fsp3) is 0.636. The number of nitrogens with zero attached hydrogens (tertiary/aromatic N) is 1. The number of esters is 1. The SMILES string of the molecule is CC(C)(C)OC(=O)[C@@H](Cc1cccc(I)c1)[C@H]1CCN(C(=O)OC(C)(C)C)C1. The van der Waals surface area contributed by atoms with E-state index in [1.165, 1.54) is 0 Å². The number of benzene rings is 1. The highest BCUT2D eigenvalue weighted by Crippen LogP contribution is 2.30. The average molecular weight is 501 g/mol. The predicted octanol–water partition coefficient (Wildman–Crippen LogP) is 5.05. The number of carbonyl (C=O) groups excluding carboxylic acids is 2. The van der Waals surface area contributed by atoms with Crippen molar-refractivity contribution in [2.24, 2.45) is 11.8 Å². The summed E-state index contributed by atoms with van der Waals surface area (Å²) in [5, 5.41) is 0. The first-order valence-electron chi connectivity index (χ1n) is 9.79. The molecule has 1 saturated heterocycles. The molecule has 0 N–H and O–H groups in total. The van der Waals surface area contributed by atoms with Crippen molar-refractivity contribution in [2.75, 3.05) is 13.1 Å². The van der Waals surface area contributed by atoms with E-state index in [1.807, 2.05) is 59.7 Å². The summed E-state index contributed by atoms with van der Waals surface area (Å²) >= 11 is 2.28. The number of hydrogen-bond donors (Lipinski definition) is 0. The van der Waals surface area contributed by atoms with Gasteiger partial charge in [-0.15, -0.1) is 0 Å². The molecule has 2 atom stereocenters. The van der Waals surface area contributed by atoms with Crippen LogP contribution >= 0.6 is 22.6 Å². The Morgan fingerprint density at radius 3 is 2.36 bits per heavy atom. The van der Waals surface area contributed by atoms with Crippen molar-refractivity contribution in [3.63, 3.8) is 0 Å². The van der Waals surface area contributed by atoms with Crippen molar-refractivity contribution < 1.29 is 19.1 Å². The lowest BCUT2D eigenvalue weighted by Crippen LogP contribution is -2.38. The van der Waals surface area contributed by atoms with Crippen molar-refractivity contribution in [3.05, 3.63) is 33.4 Å². The van der Waals surface area contributed by atoms with Crippen LogP contribution < -0.4 is 0 Å². The molecule has 2 rings (SSSR count). The summed E-state index contributed by atoms with van der Waals surface area (Å²) in [6.07, 6.45) is 1.07. The van der Waals surface area contributed by atoms with E-state index in [-0.39, 0.29) is 23.9 Å². The molecule has 0 unspecified atom stereocenters. The third kappa shape index (κ3) is 7.26. The Labute approximate surface area is 182 Å². The lowest BCUT2D eigenvalue weighted by atomic mass is 9.86. The Morgan fingerprint density at radius 2 is 1.79 bits per heavy atom. The van der Waals surface area contributed by atoms with Gasteiger partial charge in [0.15, 0.2) is 0 Å². The first-order valence-corrected chi connectivity index (χ1v) is 10.9. The molecule has 0 aliphatic carbocycles. The largest absolute Gasteiger partial charge is 0.460 e. The lowest BCUT2D eigenvalue weighted by Gasteiger charge is -2.28. The molecule has 1 aliphatic rings. The number of carbonyl (C=O) groups is 2. The van der Waals surface area contributed by atoms with Gasteiger partial charge in [0.25, 0.3) is 0 Å². The van der Waals surface area contributed by atoms with Crippen LogP contribution in [-0.4, -0.2) is 41.3 Å². The van der Waals surface area contributed by atoms with E-state index < -0.39 is 11.2 Å². The molecule has 28 heavy (non-hydrogen) atoms. The Bertz CT molecular complexity index is 705. The maximum absolute atomic E-state index is 13.0. The zero-order valence-corrected chi connectivity index (χ0v) is 19.9. The first-order chi connectivity index (χ1) is 12.8. The number of hydrogen-bond acceptors (Lipinski definition) is 4. The molecule has 0 spiro atoms. The van der Waals surface area contributed by atoms with Crippen LogP contribution in [-0.2, 0) is 20.7 Å². The second-order valence-electron chi connectivity index (χ2n) is 9.45. The third-order valence-electron chi connectivity index (χ3n) is 4.50. The monoisotopic (exact) mass is 501 g/mol. The van der Waals surface area contributed by atoms with Crippen LogP contribution in [0.1, 0.15) is 53.5 Å². The van der Waals surface area contributed by atoms with E-state index in [0.29, 0.717) is 19.5 Å². The minimum Gasteiger partial charge on any atom is -0.460 e. The summed E-state index contributed by atoms with van der Waals surface area (Å²) in [6.45, 7) is 12.4. The summed E-state index contributed by atoms with van der Waals surface area (Å²) in [6, 6.07) is 8.18. The van der Waals surface area contributed by atoms with Gasteiger partial charge in [-0.2, -0.15) is 0 Å². The smallest absolute Gasteiger partial charge is 0.410 e. The van der Waals surface area contributed by atoms with Gasteiger partial charge < -0.3 is 14.4 Å². The molecule has 5 nitrogen and oxygen atoms in total. The molecule has 156 valence electrons. The number of halogens is 1. The second-order valence-corrected chi connectivity index (χ2v) is 10.7. The van der Waals surface area contributed by atoms with E-state index in [9.17, 15) is 9.59 Å². The molecular formula is C22H32INO4. The van der Waals surface area contributed by atoms with Gasteiger partial charge in [0.05, 0.1) is 5.92 Å². The van der Waals surface area contributed by atoms with Crippen LogP contribution in [0.3, 0.4) is 0 Å². The third-order valence-corrected chi connectivity index (χ3v) is 5.17. The molecule has 1 aromatic carbocycles. The summed E-state index contributed by atoms with van der Waals surface area (Å²) in [4.78, 5) is 27.1. The molecule has 1 aromatic rings. The number of ether oxygens (including phenoxy) is 2. The normalized spacial score (nSPS) is 18.7. The highest BCUT2D eigenvalue weighted by molar-refractivity contribution is 14.1. The van der Waals surface area contributed by atoms with Crippen LogP contribution in [0.5, 0.6) is 0 Å². The van der Waals surface area contributed by atoms with Crippen LogP contribution in [0.2, 0.25) is 0 Å². The van der Waals surface area contributed by atoms with Gasteiger partial charge in [0.1, 0.15) is 11.2 Å². The minimum absolute atomic E-state index is 0.0558. The van der Waals surface area contributed by atoms with Crippen molar-refractivity contribution in [3.8, 4) is 0 Å². The van der Waals surface area contributed by atoms with Crippen molar-refractivity contribution in [2.45, 2.75) is 65.6 Å². The Morgan fingerprint density at radius 1 is 1.14 bits per heavy atom. The molecule has 1 aliphatic heterocycles. The standard InChI is InChI=1S/C22H32INO4/c1-21(2,3)27-19(25)18(13-15-8-7-9-17(23)12-15)16-10-11-24(14-16)20(26)28-22(4,5)6/h7-9,12,16,18H,10-11,13-14H2,1-6H3/t16-,18-/m0/s1. The zero-order valence-electron chi connectivity index (χ0n) is 17.8. The number of likely N-dealkylation sites (tertiary alicyclic amines) is 1. The molecule has 1 amide bonds.